The van der Waals surface area contributed by atoms with Crippen molar-refractivity contribution in [3.63, 3.8) is 0 Å². The van der Waals surface area contributed by atoms with Gasteiger partial charge < -0.3 is 10.2 Å². The number of rotatable bonds is 7. The highest BCUT2D eigenvalue weighted by atomic mass is 15.1. The molecule has 0 fully saturated rings. The molecule has 2 nitrogen and oxygen atoms in total. The van der Waals surface area contributed by atoms with E-state index < -0.39 is 0 Å². The fourth-order valence-electron chi connectivity index (χ4n) is 0.949. The molecule has 0 aliphatic rings. The average molecular weight is 156 g/mol. The van der Waals surface area contributed by atoms with Crippen molar-refractivity contribution in [2.24, 2.45) is 0 Å². The lowest BCUT2D eigenvalue weighted by molar-refractivity contribution is 0.335. The van der Waals surface area contributed by atoms with Crippen LogP contribution in [-0.4, -0.2) is 38.6 Å². The Kier molecular flexibility index (Phi) is 7.52. The van der Waals surface area contributed by atoms with Gasteiger partial charge in [0.1, 0.15) is 0 Å². The minimum Gasteiger partial charge on any atom is -0.320 e. The van der Waals surface area contributed by atoms with Gasteiger partial charge >= 0.3 is 0 Å². The second-order valence-corrected chi connectivity index (χ2v) is 2.84. The fraction of sp³-hybridized carbons (Fsp3) is 0.778. The molecule has 0 amide bonds. The first kappa shape index (κ1) is 10.7. The molecule has 0 bridgehead atoms. The maximum Gasteiger partial charge on any atom is 0.00128 e. The third-order valence-electron chi connectivity index (χ3n) is 1.68. The van der Waals surface area contributed by atoms with Gasteiger partial charge in [0.05, 0.1) is 0 Å². The van der Waals surface area contributed by atoms with Gasteiger partial charge in [0, 0.05) is 6.54 Å². The summed E-state index contributed by atoms with van der Waals surface area (Å²) in [6, 6.07) is 0. The summed E-state index contributed by atoms with van der Waals surface area (Å²) in [6.07, 6.45) is 4.29. The van der Waals surface area contributed by atoms with Crippen LogP contribution in [0.2, 0.25) is 0 Å². The van der Waals surface area contributed by atoms with E-state index in [1.165, 1.54) is 13.0 Å². The van der Waals surface area contributed by atoms with Gasteiger partial charge in [-0.2, -0.15) is 0 Å². The summed E-state index contributed by atoms with van der Waals surface area (Å²) in [4.78, 5) is 2.33. The van der Waals surface area contributed by atoms with E-state index in [-0.39, 0.29) is 0 Å². The number of hydrogen-bond acceptors (Lipinski definition) is 2. The highest BCUT2D eigenvalue weighted by molar-refractivity contribution is 4.68. The highest BCUT2D eigenvalue weighted by Crippen LogP contribution is 1.89. The van der Waals surface area contributed by atoms with Gasteiger partial charge in [-0.15, -0.1) is 6.58 Å². The third kappa shape index (κ3) is 7.56. The Labute approximate surface area is 70.3 Å². The van der Waals surface area contributed by atoms with E-state index in [0.29, 0.717) is 0 Å². The van der Waals surface area contributed by atoms with Crippen LogP contribution in [0.3, 0.4) is 0 Å². The summed E-state index contributed by atoms with van der Waals surface area (Å²) in [5.74, 6) is 0. The van der Waals surface area contributed by atoms with E-state index in [2.05, 4.69) is 23.8 Å². The number of hydrogen-bond donors (Lipinski definition) is 1. The molecule has 11 heavy (non-hydrogen) atoms. The molecule has 0 saturated heterocycles. The summed E-state index contributed by atoms with van der Waals surface area (Å²) >= 11 is 0. The van der Waals surface area contributed by atoms with Crippen molar-refractivity contribution in [3.05, 3.63) is 12.7 Å². The van der Waals surface area contributed by atoms with Crippen molar-refractivity contribution in [1.29, 1.82) is 0 Å². The molecule has 2 heteroatoms. The molecule has 0 rings (SSSR count). The lowest BCUT2D eigenvalue weighted by atomic mass is 10.3. The Balaban J connectivity index is 3.08. The minimum atomic E-state index is 1.09. The van der Waals surface area contributed by atoms with Crippen LogP contribution in [0.1, 0.15) is 12.8 Å². The summed E-state index contributed by atoms with van der Waals surface area (Å²) in [6.45, 7) is 7.11. The van der Waals surface area contributed by atoms with Gasteiger partial charge in [0.25, 0.3) is 0 Å². The predicted molar refractivity (Wildman–Crippen MR) is 50.9 cm³/mol. The molecule has 0 heterocycles. The first-order chi connectivity index (χ1) is 5.31. The summed E-state index contributed by atoms with van der Waals surface area (Å²) < 4.78 is 0. The van der Waals surface area contributed by atoms with Crippen molar-refractivity contribution in [1.82, 2.24) is 10.2 Å². The largest absolute Gasteiger partial charge is 0.320 e. The number of nitrogens with zero attached hydrogens (tertiary/aromatic N) is 1. The normalized spacial score (nSPS) is 10.5. The van der Waals surface area contributed by atoms with Gasteiger partial charge in [0.15, 0.2) is 0 Å². The van der Waals surface area contributed by atoms with Gasteiger partial charge in [0.2, 0.25) is 0 Å². The topological polar surface area (TPSA) is 15.3 Å². The lowest BCUT2D eigenvalue weighted by Crippen LogP contribution is -2.23. The zero-order valence-electron chi connectivity index (χ0n) is 7.77. The Morgan fingerprint density at radius 1 is 1.45 bits per heavy atom. The van der Waals surface area contributed by atoms with Crippen LogP contribution >= 0.6 is 0 Å². The molecule has 0 saturated carbocycles. The first-order valence-corrected chi connectivity index (χ1v) is 4.25. The van der Waals surface area contributed by atoms with Crippen LogP contribution in [-0.2, 0) is 0 Å². The minimum absolute atomic E-state index is 1.09. The summed E-state index contributed by atoms with van der Waals surface area (Å²) in [5.41, 5.74) is 0. The average Bonchev–Trinajstić information content (AvgIpc) is 2.01. The SMILES string of the molecule is C=CCCN(C)CCCNC. The molecule has 0 aliphatic heterocycles. The lowest BCUT2D eigenvalue weighted by Gasteiger charge is -2.14. The van der Waals surface area contributed by atoms with Crippen molar-refractivity contribution in [2.45, 2.75) is 12.8 Å². The van der Waals surface area contributed by atoms with E-state index in [4.69, 9.17) is 0 Å². The zero-order chi connectivity index (χ0) is 8.53. The van der Waals surface area contributed by atoms with E-state index in [9.17, 15) is 0 Å². The molecule has 0 radical (unpaired) electrons. The van der Waals surface area contributed by atoms with E-state index in [1.807, 2.05) is 13.1 Å². The van der Waals surface area contributed by atoms with Gasteiger partial charge in [-0.05, 0) is 40.0 Å². The molecule has 0 atom stereocenters. The van der Waals surface area contributed by atoms with Crippen molar-refractivity contribution < 1.29 is 0 Å². The Morgan fingerprint density at radius 3 is 2.73 bits per heavy atom. The van der Waals surface area contributed by atoms with Crippen molar-refractivity contribution >= 4 is 0 Å². The smallest absolute Gasteiger partial charge is 0.00128 e. The fourth-order valence-corrected chi connectivity index (χ4v) is 0.949. The third-order valence-corrected chi connectivity index (χ3v) is 1.68. The Bertz CT molecular complexity index is 91.6. The Hall–Kier alpha value is -0.340. The second-order valence-electron chi connectivity index (χ2n) is 2.84. The molecule has 0 aromatic heterocycles. The van der Waals surface area contributed by atoms with Crippen LogP contribution < -0.4 is 5.32 Å². The molecule has 0 unspecified atom stereocenters. The van der Waals surface area contributed by atoms with Gasteiger partial charge in [-0.3, -0.25) is 0 Å². The standard InChI is InChI=1S/C9H20N2/c1-4-5-8-11(3)9-6-7-10-2/h4,10H,1,5-9H2,2-3H3. The van der Waals surface area contributed by atoms with E-state index in [1.54, 1.807) is 0 Å². The van der Waals surface area contributed by atoms with Crippen LogP contribution in [0.25, 0.3) is 0 Å². The van der Waals surface area contributed by atoms with Crippen molar-refractivity contribution in [3.8, 4) is 0 Å². The first-order valence-electron chi connectivity index (χ1n) is 4.25. The molecular formula is C9H20N2. The molecule has 0 aromatic carbocycles. The summed E-state index contributed by atoms with van der Waals surface area (Å²) in [7, 11) is 4.14. The predicted octanol–water partition coefficient (Wildman–Crippen LogP) is 1.10. The van der Waals surface area contributed by atoms with Gasteiger partial charge in [-0.25, -0.2) is 0 Å². The van der Waals surface area contributed by atoms with Crippen molar-refractivity contribution in [2.75, 3.05) is 33.7 Å². The quantitative estimate of drug-likeness (QED) is 0.439. The number of nitrogens with one attached hydrogen (secondary N) is 1. The van der Waals surface area contributed by atoms with Crippen LogP contribution in [0.15, 0.2) is 12.7 Å². The molecule has 1 N–H and O–H groups in total. The molecule has 0 spiro atoms. The van der Waals surface area contributed by atoms with Crippen LogP contribution in [0.5, 0.6) is 0 Å². The van der Waals surface area contributed by atoms with Crippen LogP contribution in [0.4, 0.5) is 0 Å². The maximum atomic E-state index is 3.69. The summed E-state index contributed by atoms with van der Waals surface area (Å²) in [5, 5.41) is 3.13. The zero-order valence-corrected chi connectivity index (χ0v) is 7.77. The second kappa shape index (κ2) is 7.76. The van der Waals surface area contributed by atoms with Crippen LogP contribution in [0, 0.1) is 0 Å². The Morgan fingerprint density at radius 2 is 2.18 bits per heavy atom. The molecular weight excluding hydrogens is 136 g/mol. The maximum absolute atomic E-state index is 3.69. The van der Waals surface area contributed by atoms with E-state index >= 15 is 0 Å². The highest BCUT2D eigenvalue weighted by Gasteiger charge is 1.94. The monoisotopic (exact) mass is 156 g/mol. The van der Waals surface area contributed by atoms with E-state index in [0.717, 1.165) is 19.5 Å². The molecule has 66 valence electrons. The molecule has 0 aliphatic carbocycles. The van der Waals surface area contributed by atoms with Gasteiger partial charge in [-0.1, -0.05) is 6.08 Å². The molecule has 0 aromatic rings.